The van der Waals surface area contributed by atoms with Gasteiger partial charge in [0.2, 0.25) is 0 Å². The van der Waals surface area contributed by atoms with Crippen LogP contribution in [0.15, 0.2) is 51.9 Å². The van der Waals surface area contributed by atoms with Gasteiger partial charge in [-0.1, -0.05) is 17.7 Å². The van der Waals surface area contributed by atoms with Gasteiger partial charge in [-0.2, -0.15) is 0 Å². The van der Waals surface area contributed by atoms with Gasteiger partial charge in [-0.25, -0.2) is 4.79 Å². The third kappa shape index (κ3) is 3.70. The molecule has 0 aliphatic heterocycles. The molecular formula is C14H10ClNO5. The maximum absolute atomic E-state index is 12.4. The second-order valence-corrected chi connectivity index (χ2v) is 4.54. The van der Waals surface area contributed by atoms with Gasteiger partial charge in [-0.15, -0.1) is 0 Å². The summed E-state index contributed by atoms with van der Waals surface area (Å²) >= 11 is 5.85. The van der Waals surface area contributed by atoms with Crippen LogP contribution in [0.4, 0.5) is 5.69 Å². The molecule has 2 aromatic rings. The third-order valence-electron chi connectivity index (χ3n) is 2.61. The number of hydrogen-bond acceptors (Lipinski definition) is 4. The molecule has 0 aliphatic carbocycles. The van der Waals surface area contributed by atoms with E-state index in [4.69, 9.17) is 16.7 Å². The Bertz CT molecular complexity index is 720. The van der Waals surface area contributed by atoms with Crippen molar-refractivity contribution in [2.24, 2.45) is 0 Å². The van der Waals surface area contributed by atoms with Gasteiger partial charge in [0.25, 0.3) is 5.91 Å². The van der Waals surface area contributed by atoms with Gasteiger partial charge >= 0.3 is 11.6 Å². The first-order chi connectivity index (χ1) is 9.97. The van der Waals surface area contributed by atoms with Gasteiger partial charge in [0.15, 0.2) is 0 Å². The maximum atomic E-state index is 12.4. The number of aliphatic carboxylic acids is 1. The molecule has 1 aromatic carbocycles. The minimum atomic E-state index is -1.18. The van der Waals surface area contributed by atoms with E-state index in [1.807, 2.05) is 0 Å². The zero-order valence-electron chi connectivity index (χ0n) is 10.7. The Morgan fingerprint density at radius 3 is 2.57 bits per heavy atom. The zero-order chi connectivity index (χ0) is 15.4. The molecule has 1 aromatic heterocycles. The monoisotopic (exact) mass is 307 g/mol. The molecule has 1 heterocycles. The fourth-order valence-electron chi connectivity index (χ4n) is 1.70. The second kappa shape index (κ2) is 6.23. The quantitative estimate of drug-likeness (QED) is 0.933. The van der Waals surface area contributed by atoms with Crippen LogP contribution in [-0.2, 0) is 4.79 Å². The van der Waals surface area contributed by atoms with E-state index in [0.29, 0.717) is 10.7 Å². The average molecular weight is 308 g/mol. The number of hydrogen-bond donors (Lipinski definition) is 1. The Hall–Kier alpha value is -2.60. The van der Waals surface area contributed by atoms with Crippen molar-refractivity contribution in [3.05, 3.63) is 63.7 Å². The molecule has 0 unspecified atom stereocenters. The summed E-state index contributed by atoms with van der Waals surface area (Å²) in [6, 6.07) is 8.60. The summed E-state index contributed by atoms with van der Waals surface area (Å²) in [4.78, 5) is 35.3. The van der Waals surface area contributed by atoms with E-state index >= 15 is 0 Å². The van der Waals surface area contributed by atoms with Crippen LogP contribution in [0.5, 0.6) is 0 Å². The van der Waals surface area contributed by atoms with Crippen LogP contribution in [0.3, 0.4) is 0 Å². The first-order valence-corrected chi connectivity index (χ1v) is 6.23. The molecule has 0 aliphatic rings. The normalized spacial score (nSPS) is 10.1. The lowest BCUT2D eigenvalue weighted by Crippen LogP contribution is -2.35. The van der Waals surface area contributed by atoms with Crippen molar-refractivity contribution in [1.82, 2.24) is 0 Å². The molecule has 0 bridgehead atoms. The van der Waals surface area contributed by atoms with Crippen molar-refractivity contribution in [1.29, 1.82) is 0 Å². The van der Waals surface area contributed by atoms with E-state index in [9.17, 15) is 14.4 Å². The summed E-state index contributed by atoms with van der Waals surface area (Å²) in [7, 11) is 0. The first kappa shape index (κ1) is 14.8. The summed E-state index contributed by atoms with van der Waals surface area (Å²) in [5.41, 5.74) is -0.198. The Kier molecular flexibility index (Phi) is 4.39. The predicted octanol–water partition coefficient (Wildman–Crippen LogP) is 2.02. The summed E-state index contributed by atoms with van der Waals surface area (Å²) in [6.07, 6.45) is 0.990. The van der Waals surface area contributed by atoms with Gasteiger partial charge < -0.3 is 9.52 Å². The molecule has 108 valence electrons. The van der Waals surface area contributed by atoms with Crippen molar-refractivity contribution in [2.75, 3.05) is 11.4 Å². The number of carbonyl (C=O) groups excluding carboxylic acids is 1. The molecule has 0 spiro atoms. The maximum Gasteiger partial charge on any atom is 0.335 e. The summed E-state index contributed by atoms with van der Waals surface area (Å²) in [5.74, 6) is -1.79. The predicted molar refractivity (Wildman–Crippen MR) is 75.7 cm³/mol. The van der Waals surface area contributed by atoms with Crippen LogP contribution < -0.4 is 10.5 Å². The van der Waals surface area contributed by atoms with Gasteiger partial charge in [-0.05, 0) is 24.3 Å². The number of halogens is 1. The Morgan fingerprint density at radius 2 is 2.00 bits per heavy atom. The summed E-state index contributed by atoms with van der Waals surface area (Å²) < 4.78 is 4.62. The molecule has 0 radical (unpaired) electrons. The van der Waals surface area contributed by atoms with Gasteiger partial charge in [-0.3, -0.25) is 14.5 Å². The lowest BCUT2D eigenvalue weighted by molar-refractivity contribution is -0.135. The molecule has 6 nitrogen and oxygen atoms in total. The second-order valence-electron chi connectivity index (χ2n) is 4.11. The molecule has 0 saturated carbocycles. The molecule has 0 atom stereocenters. The van der Waals surface area contributed by atoms with Gasteiger partial charge in [0.1, 0.15) is 12.8 Å². The minimum Gasteiger partial charge on any atom is -0.480 e. The van der Waals surface area contributed by atoms with Crippen molar-refractivity contribution >= 4 is 29.2 Å². The molecule has 2 rings (SSSR count). The topological polar surface area (TPSA) is 87.8 Å². The Morgan fingerprint density at radius 1 is 1.24 bits per heavy atom. The average Bonchev–Trinajstić information content (AvgIpc) is 2.44. The standard InChI is InChI=1S/C14H10ClNO5/c15-10-2-1-3-11(6-10)16(7-12(17)18)14(20)9-4-5-13(19)21-8-9/h1-6,8H,7H2,(H,17,18). The Labute approximate surface area is 124 Å². The smallest absolute Gasteiger partial charge is 0.335 e. The summed E-state index contributed by atoms with van der Waals surface area (Å²) in [6.45, 7) is -0.543. The highest BCUT2D eigenvalue weighted by Crippen LogP contribution is 2.21. The highest BCUT2D eigenvalue weighted by atomic mass is 35.5. The fraction of sp³-hybridized carbons (Fsp3) is 0.0714. The van der Waals surface area contributed by atoms with Crippen LogP contribution >= 0.6 is 11.6 Å². The van der Waals surface area contributed by atoms with Crippen LogP contribution in [0.25, 0.3) is 0 Å². The zero-order valence-corrected chi connectivity index (χ0v) is 11.4. The number of carbonyl (C=O) groups is 2. The van der Waals surface area contributed by atoms with E-state index in [1.165, 1.54) is 12.1 Å². The number of carboxylic acid groups (broad SMARTS) is 1. The van der Waals surface area contributed by atoms with Crippen LogP contribution in [-0.4, -0.2) is 23.5 Å². The van der Waals surface area contributed by atoms with E-state index in [1.54, 1.807) is 18.2 Å². The molecule has 1 amide bonds. The van der Waals surface area contributed by atoms with E-state index in [0.717, 1.165) is 17.2 Å². The third-order valence-corrected chi connectivity index (χ3v) is 2.84. The van der Waals surface area contributed by atoms with Crippen LogP contribution in [0, 0.1) is 0 Å². The van der Waals surface area contributed by atoms with Crippen molar-refractivity contribution in [3.8, 4) is 0 Å². The van der Waals surface area contributed by atoms with Gasteiger partial charge in [0, 0.05) is 16.8 Å². The number of nitrogens with zero attached hydrogens (tertiary/aromatic N) is 1. The van der Waals surface area contributed by atoms with E-state index in [-0.39, 0.29) is 5.56 Å². The lowest BCUT2D eigenvalue weighted by atomic mass is 10.2. The fourth-order valence-corrected chi connectivity index (χ4v) is 1.88. The van der Waals surface area contributed by atoms with Crippen molar-refractivity contribution in [2.45, 2.75) is 0 Å². The molecule has 1 N–H and O–H groups in total. The van der Waals surface area contributed by atoms with Crippen LogP contribution in [0.1, 0.15) is 10.4 Å². The minimum absolute atomic E-state index is 0.0656. The van der Waals surface area contributed by atoms with Crippen molar-refractivity contribution < 1.29 is 19.1 Å². The lowest BCUT2D eigenvalue weighted by Gasteiger charge is -2.20. The number of amides is 1. The number of carboxylic acids is 1. The highest BCUT2D eigenvalue weighted by Gasteiger charge is 2.21. The highest BCUT2D eigenvalue weighted by molar-refractivity contribution is 6.31. The number of rotatable bonds is 4. The molecule has 0 saturated heterocycles. The molecule has 7 heteroatoms. The summed E-state index contributed by atoms with van der Waals surface area (Å²) in [5, 5.41) is 9.32. The van der Waals surface area contributed by atoms with E-state index < -0.39 is 24.0 Å². The van der Waals surface area contributed by atoms with Crippen molar-refractivity contribution in [3.63, 3.8) is 0 Å². The van der Waals surface area contributed by atoms with Gasteiger partial charge in [0.05, 0.1) is 5.56 Å². The number of anilines is 1. The number of benzene rings is 1. The Balaban J connectivity index is 2.40. The molecular weight excluding hydrogens is 298 g/mol. The SMILES string of the molecule is O=C(O)CN(C(=O)c1ccc(=O)oc1)c1cccc(Cl)c1. The van der Waals surface area contributed by atoms with E-state index in [2.05, 4.69) is 4.42 Å². The largest absolute Gasteiger partial charge is 0.480 e. The molecule has 21 heavy (non-hydrogen) atoms. The van der Waals surface area contributed by atoms with Crippen LogP contribution in [0.2, 0.25) is 5.02 Å². The first-order valence-electron chi connectivity index (χ1n) is 5.85. The molecule has 0 fully saturated rings.